The van der Waals surface area contributed by atoms with Gasteiger partial charge < -0.3 is 11.1 Å². The van der Waals surface area contributed by atoms with Crippen LogP contribution in [0.4, 0.5) is 14.5 Å². The number of unbranched alkanes of at least 4 members (excludes halogenated alkanes) is 1. The van der Waals surface area contributed by atoms with Crippen LogP contribution in [0.3, 0.4) is 0 Å². The van der Waals surface area contributed by atoms with E-state index in [2.05, 4.69) is 5.32 Å². The van der Waals surface area contributed by atoms with Crippen LogP contribution in [0.15, 0.2) is 12.1 Å². The maximum atomic E-state index is 13.4. The van der Waals surface area contributed by atoms with Crippen LogP contribution < -0.4 is 11.1 Å². The molecule has 5 heteroatoms. The summed E-state index contributed by atoms with van der Waals surface area (Å²) in [5.74, 6) is -1.50. The average Bonchev–Trinajstić information content (AvgIpc) is 2.26. The number of nitrogens with one attached hydrogen (secondary N) is 1. The third-order valence-corrected chi connectivity index (χ3v) is 2.38. The van der Waals surface area contributed by atoms with Gasteiger partial charge in [0.15, 0.2) is 0 Å². The molecule has 17 heavy (non-hydrogen) atoms. The van der Waals surface area contributed by atoms with Gasteiger partial charge in [0, 0.05) is 12.5 Å². The summed E-state index contributed by atoms with van der Waals surface area (Å²) in [6, 6.07) is 2.05. The summed E-state index contributed by atoms with van der Waals surface area (Å²) in [6.45, 7) is 1.98. The zero-order valence-corrected chi connectivity index (χ0v) is 9.72. The molecule has 1 aromatic rings. The van der Waals surface area contributed by atoms with E-state index >= 15 is 0 Å². The van der Waals surface area contributed by atoms with Crippen molar-refractivity contribution in [2.24, 2.45) is 5.73 Å². The Bertz CT molecular complexity index is 408. The normalized spacial score (nSPS) is 10.4. The Kier molecular flexibility index (Phi) is 5.03. The quantitative estimate of drug-likeness (QED) is 0.779. The number of carbonyl (C=O) groups excluding carboxylic acids is 1. The molecule has 0 spiro atoms. The third kappa shape index (κ3) is 4.11. The van der Waals surface area contributed by atoms with Crippen LogP contribution in [-0.2, 0) is 4.79 Å². The molecule has 1 rings (SSSR count). The predicted molar refractivity (Wildman–Crippen MR) is 62.6 cm³/mol. The first-order valence-electron chi connectivity index (χ1n) is 5.50. The molecule has 0 aromatic heterocycles. The molecule has 3 nitrogen and oxygen atoms in total. The van der Waals surface area contributed by atoms with E-state index in [9.17, 15) is 13.6 Å². The van der Waals surface area contributed by atoms with Gasteiger partial charge in [-0.15, -0.1) is 0 Å². The summed E-state index contributed by atoms with van der Waals surface area (Å²) in [5.41, 5.74) is 5.38. The van der Waals surface area contributed by atoms with Crippen LogP contribution >= 0.6 is 0 Å². The Labute approximate surface area is 99.0 Å². The fraction of sp³-hybridized carbons (Fsp3) is 0.417. The van der Waals surface area contributed by atoms with Gasteiger partial charge in [-0.25, -0.2) is 8.78 Å². The first-order valence-corrected chi connectivity index (χ1v) is 5.50. The lowest BCUT2D eigenvalue weighted by Gasteiger charge is -2.07. The molecule has 0 atom stereocenters. The number of hydrogen-bond acceptors (Lipinski definition) is 2. The molecule has 0 fully saturated rings. The lowest BCUT2D eigenvalue weighted by atomic mass is 10.2. The minimum absolute atomic E-state index is 0.120. The van der Waals surface area contributed by atoms with E-state index in [-0.39, 0.29) is 23.6 Å². The van der Waals surface area contributed by atoms with E-state index < -0.39 is 11.6 Å². The van der Waals surface area contributed by atoms with Crippen molar-refractivity contribution in [3.63, 3.8) is 0 Å². The van der Waals surface area contributed by atoms with Crippen molar-refractivity contribution in [1.82, 2.24) is 0 Å². The number of hydrogen-bond donors (Lipinski definition) is 2. The molecule has 0 saturated heterocycles. The van der Waals surface area contributed by atoms with Gasteiger partial charge >= 0.3 is 0 Å². The third-order valence-electron chi connectivity index (χ3n) is 2.38. The highest BCUT2D eigenvalue weighted by Crippen LogP contribution is 2.19. The molecule has 0 unspecified atom stereocenters. The van der Waals surface area contributed by atoms with Gasteiger partial charge in [0.2, 0.25) is 5.91 Å². The van der Waals surface area contributed by atoms with E-state index in [1.54, 1.807) is 0 Å². The lowest BCUT2D eigenvalue weighted by Crippen LogP contribution is -2.13. The van der Waals surface area contributed by atoms with Crippen molar-refractivity contribution in [2.45, 2.75) is 26.2 Å². The van der Waals surface area contributed by atoms with Gasteiger partial charge in [-0.3, -0.25) is 4.79 Å². The Balaban J connectivity index is 2.62. The zero-order chi connectivity index (χ0) is 12.8. The van der Waals surface area contributed by atoms with Gasteiger partial charge in [0.05, 0.1) is 5.69 Å². The second kappa shape index (κ2) is 6.30. The molecule has 0 aliphatic heterocycles. The largest absolute Gasteiger partial charge is 0.330 e. The number of rotatable bonds is 5. The molecule has 0 aliphatic carbocycles. The topological polar surface area (TPSA) is 55.1 Å². The van der Waals surface area contributed by atoms with Gasteiger partial charge in [-0.05, 0) is 37.9 Å². The Morgan fingerprint density at radius 3 is 2.65 bits per heavy atom. The minimum Gasteiger partial charge on any atom is -0.330 e. The van der Waals surface area contributed by atoms with Crippen LogP contribution in [0.2, 0.25) is 0 Å². The molecule has 0 radical (unpaired) electrons. The summed E-state index contributed by atoms with van der Waals surface area (Å²) < 4.78 is 26.6. The van der Waals surface area contributed by atoms with E-state index in [1.807, 2.05) is 0 Å². The molecule has 0 heterocycles. The molecule has 0 bridgehead atoms. The fourth-order valence-corrected chi connectivity index (χ4v) is 1.38. The molecular weight excluding hydrogens is 226 g/mol. The van der Waals surface area contributed by atoms with E-state index in [0.29, 0.717) is 13.0 Å². The summed E-state index contributed by atoms with van der Waals surface area (Å²) in [5, 5.41) is 2.34. The van der Waals surface area contributed by atoms with Gasteiger partial charge in [0.25, 0.3) is 0 Å². The van der Waals surface area contributed by atoms with Gasteiger partial charge in [0.1, 0.15) is 11.6 Å². The predicted octanol–water partition coefficient (Wildman–Crippen LogP) is 2.34. The van der Waals surface area contributed by atoms with Crippen LogP contribution in [0, 0.1) is 18.6 Å². The molecule has 94 valence electrons. The lowest BCUT2D eigenvalue weighted by molar-refractivity contribution is -0.116. The van der Waals surface area contributed by atoms with E-state index in [1.165, 1.54) is 6.92 Å². The maximum Gasteiger partial charge on any atom is 0.224 e. The molecular formula is C12H16F2N2O. The van der Waals surface area contributed by atoms with Crippen molar-refractivity contribution in [1.29, 1.82) is 0 Å². The van der Waals surface area contributed by atoms with Crippen LogP contribution in [0.5, 0.6) is 0 Å². The summed E-state index contributed by atoms with van der Waals surface area (Å²) in [4.78, 5) is 11.4. The second-order valence-electron chi connectivity index (χ2n) is 3.88. The van der Waals surface area contributed by atoms with Crippen molar-refractivity contribution in [2.75, 3.05) is 11.9 Å². The minimum atomic E-state index is -0.629. The number of nitrogens with two attached hydrogens (primary N) is 1. The highest BCUT2D eigenvalue weighted by atomic mass is 19.1. The van der Waals surface area contributed by atoms with Crippen LogP contribution in [-0.4, -0.2) is 12.5 Å². The van der Waals surface area contributed by atoms with Crippen molar-refractivity contribution >= 4 is 11.6 Å². The molecule has 0 saturated carbocycles. The zero-order valence-electron chi connectivity index (χ0n) is 9.72. The molecule has 1 aromatic carbocycles. The van der Waals surface area contributed by atoms with E-state index in [0.717, 1.165) is 18.6 Å². The van der Waals surface area contributed by atoms with Gasteiger partial charge in [-0.1, -0.05) is 0 Å². The molecule has 3 N–H and O–H groups in total. The summed E-state index contributed by atoms with van der Waals surface area (Å²) in [6.07, 6.45) is 1.63. The highest BCUT2D eigenvalue weighted by molar-refractivity contribution is 5.90. The SMILES string of the molecule is Cc1cc(F)c(NC(=O)CCCCN)cc1F. The Morgan fingerprint density at radius 2 is 2.00 bits per heavy atom. The molecule has 0 aliphatic rings. The van der Waals surface area contributed by atoms with Crippen molar-refractivity contribution in [3.05, 3.63) is 29.3 Å². The Morgan fingerprint density at radius 1 is 1.29 bits per heavy atom. The number of halogens is 2. The smallest absolute Gasteiger partial charge is 0.224 e. The number of aryl methyl sites for hydroxylation is 1. The fourth-order valence-electron chi connectivity index (χ4n) is 1.38. The van der Waals surface area contributed by atoms with Crippen molar-refractivity contribution in [3.8, 4) is 0 Å². The second-order valence-corrected chi connectivity index (χ2v) is 3.88. The summed E-state index contributed by atoms with van der Waals surface area (Å²) >= 11 is 0. The monoisotopic (exact) mass is 242 g/mol. The number of anilines is 1. The van der Waals surface area contributed by atoms with Crippen molar-refractivity contribution < 1.29 is 13.6 Å². The molecule has 1 amide bonds. The Hall–Kier alpha value is -1.49. The first-order chi connectivity index (χ1) is 8.04. The average molecular weight is 242 g/mol. The first kappa shape index (κ1) is 13.6. The maximum absolute atomic E-state index is 13.4. The number of carbonyl (C=O) groups is 1. The van der Waals surface area contributed by atoms with Crippen LogP contribution in [0.25, 0.3) is 0 Å². The summed E-state index contributed by atoms with van der Waals surface area (Å²) in [7, 11) is 0. The van der Waals surface area contributed by atoms with E-state index in [4.69, 9.17) is 5.73 Å². The highest BCUT2D eigenvalue weighted by Gasteiger charge is 2.10. The number of amides is 1. The number of benzene rings is 1. The van der Waals surface area contributed by atoms with Gasteiger partial charge in [-0.2, -0.15) is 0 Å². The van der Waals surface area contributed by atoms with Crippen LogP contribution in [0.1, 0.15) is 24.8 Å². The standard InChI is InChI=1S/C12H16F2N2O/c1-8-6-10(14)11(7-9(8)13)16-12(17)4-2-3-5-15/h6-7H,2-5,15H2,1H3,(H,16,17).